The quantitative estimate of drug-likeness (QED) is 0.832. The summed E-state index contributed by atoms with van der Waals surface area (Å²) >= 11 is 1.84. The van der Waals surface area contributed by atoms with Gasteiger partial charge >= 0.3 is 6.18 Å². The molecule has 1 amide bonds. The number of carbonyl (C=O) groups excluding carboxylic acids is 1. The first kappa shape index (κ1) is 16.9. The summed E-state index contributed by atoms with van der Waals surface area (Å²) in [5.74, 6) is 1.82. The number of amides is 1. The molecule has 0 aliphatic carbocycles. The van der Waals surface area contributed by atoms with Crippen molar-refractivity contribution in [3.05, 3.63) is 0 Å². The van der Waals surface area contributed by atoms with Crippen LogP contribution in [0, 0.1) is 0 Å². The van der Waals surface area contributed by atoms with Crippen LogP contribution in [0.1, 0.15) is 19.8 Å². The van der Waals surface area contributed by atoms with E-state index in [9.17, 15) is 23.1 Å². The number of hydrogen-bond donors (Lipinski definition) is 1. The summed E-state index contributed by atoms with van der Waals surface area (Å²) in [4.78, 5) is 15.9. The molecular formula is C13H21F3N2O2S. The van der Waals surface area contributed by atoms with Gasteiger partial charge in [-0.05, 0) is 6.92 Å². The topological polar surface area (TPSA) is 43.8 Å². The lowest BCUT2D eigenvalue weighted by Crippen LogP contribution is -2.57. The molecule has 1 unspecified atom stereocenters. The summed E-state index contributed by atoms with van der Waals surface area (Å²) in [5, 5.41) is 9.62. The van der Waals surface area contributed by atoms with E-state index in [2.05, 4.69) is 4.90 Å². The highest BCUT2D eigenvalue weighted by Crippen LogP contribution is 2.38. The number of rotatable bonds is 2. The molecule has 4 nitrogen and oxygen atoms in total. The van der Waals surface area contributed by atoms with Gasteiger partial charge in [0.1, 0.15) is 0 Å². The first-order chi connectivity index (χ1) is 9.74. The Kier molecular flexibility index (Phi) is 5.10. The zero-order valence-corrected chi connectivity index (χ0v) is 12.8. The third-order valence-corrected chi connectivity index (χ3v) is 5.32. The van der Waals surface area contributed by atoms with Crippen molar-refractivity contribution in [3.8, 4) is 0 Å². The summed E-state index contributed by atoms with van der Waals surface area (Å²) in [6, 6.07) is -0.303. The molecule has 1 N–H and O–H groups in total. The number of halogens is 3. The SMILES string of the molecule is CC(C(=O)N1CCC(O)(C(F)(F)F)CC1)N1CCSCC1. The average Bonchev–Trinajstić information content (AvgIpc) is 2.46. The van der Waals surface area contributed by atoms with Crippen LogP contribution in [0.2, 0.25) is 0 Å². The highest BCUT2D eigenvalue weighted by atomic mass is 32.2. The third kappa shape index (κ3) is 3.65. The molecule has 2 aliphatic heterocycles. The normalized spacial score (nSPS) is 25.7. The molecule has 8 heteroatoms. The lowest BCUT2D eigenvalue weighted by molar-refractivity contribution is -0.272. The van der Waals surface area contributed by atoms with Gasteiger partial charge in [0.2, 0.25) is 5.91 Å². The van der Waals surface area contributed by atoms with E-state index in [1.165, 1.54) is 4.90 Å². The van der Waals surface area contributed by atoms with Crippen LogP contribution in [0.25, 0.3) is 0 Å². The molecule has 2 aliphatic rings. The molecule has 0 aromatic carbocycles. The molecule has 122 valence electrons. The summed E-state index contributed by atoms with van der Waals surface area (Å²) in [6.45, 7) is 3.39. The molecule has 2 fully saturated rings. The Morgan fingerprint density at radius 2 is 1.71 bits per heavy atom. The fraction of sp³-hybridized carbons (Fsp3) is 0.923. The largest absolute Gasteiger partial charge is 0.417 e. The second-order valence-corrected chi connectivity index (χ2v) is 6.90. The number of piperidine rings is 1. The number of alkyl halides is 3. The minimum absolute atomic E-state index is 0.0399. The maximum absolute atomic E-state index is 12.7. The number of nitrogens with zero attached hydrogens (tertiary/aromatic N) is 2. The lowest BCUT2D eigenvalue weighted by atomic mass is 9.90. The highest BCUT2D eigenvalue weighted by molar-refractivity contribution is 7.99. The van der Waals surface area contributed by atoms with Gasteiger partial charge in [0.05, 0.1) is 6.04 Å². The van der Waals surface area contributed by atoms with Crippen molar-refractivity contribution < 1.29 is 23.1 Å². The minimum atomic E-state index is -4.63. The van der Waals surface area contributed by atoms with E-state index in [0.717, 1.165) is 24.6 Å². The average molecular weight is 326 g/mol. The van der Waals surface area contributed by atoms with E-state index in [1.807, 2.05) is 18.7 Å². The zero-order valence-electron chi connectivity index (χ0n) is 12.0. The van der Waals surface area contributed by atoms with Crippen LogP contribution in [-0.4, -0.2) is 76.3 Å². The van der Waals surface area contributed by atoms with E-state index in [4.69, 9.17) is 0 Å². The molecule has 0 spiro atoms. The maximum Gasteiger partial charge on any atom is 0.417 e. The van der Waals surface area contributed by atoms with Gasteiger partial charge in [0.15, 0.2) is 5.60 Å². The summed E-state index contributed by atoms with van der Waals surface area (Å²) in [6.07, 6.45) is -5.51. The number of hydrogen-bond acceptors (Lipinski definition) is 4. The van der Waals surface area contributed by atoms with Crippen molar-refractivity contribution in [2.24, 2.45) is 0 Å². The second kappa shape index (κ2) is 6.34. The molecule has 0 radical (unpaired) electrons. The van der Waals surface area contributed by atoms with Gasteiger partial charge in [-0.3, -0.25) is 9.69 Å². The number of thioether (sulfide) groups is 1. The highest BCUT2D eigenvalue weighted by Gasteiger charge is 2.55. The van der Waals surface area contributed by atoms with Crippen molar-refractivity contribution in [3.63, 3.8) is 0 Å². The zero-order chi connectivity index (χ0) is 15.7. The number of aliphatic hydroxyl groups is 1. The molecular weight excluding hydrogens is 305 g/mol. The summed E-state index contributed by atoms with van der Waals surface area (Å²) in [7, 11) is 0. The predicted octanol–water partition coefficient (Wildman–Crippen LogP) is 1.34. The molecule has 21 heavy (non-hydrogen) atoms. The van der Waals surface area contributed by atoms with Gasteiger partial charge in [-0.2, -0.15) is 24.9 Å². The molecule has 1 atom stereocenters. The van der Waals surface area contributed by atoms with Crippen molar-refractivity contribution >= 4 is 17.7 Å². The minimum Gasteiger partial charge on any atom is -0.380 e. The summed E-state index contributed by atoms with van der Waals surface area (Å²) < 4.78 is 38.2. The fourth-order valence-corrected chi connectivity index (χ4v) is 3.70. The van der Waals surface area contributed by atoms with Gasteiger partial charge in [0, 0.05) is 50.5 Å². The Hall–Kier alpha value is -0.470. The monoisotopic (exact) mass is 326 g/mol. The second-order valence-electron chi connectivity index (χ2n) is 5.68. The number of carbonyl (C=O) groups is 1. The molecule has 2 heterocycles. The van der Waals surface area contributed by atoms with Crippen molar-refractivity contribution in [2.75, 3.05) is 37.7 Å². The van der Waals surface area contributed by atoms with E-state index in [1.54, 1.807) is 0 Å². The van der Waals surface area contributed by atoms with Crippen LogP contribution in [0.4, 0.5) is 13.2 Å². The third-order valence-electron chi connectivity index (χ3n) is 4.38. The molecule has 2 rings (SSSR count). The Bertz CT molecular complexity index is 378. The Morgan fingerprint density at radius 3 is 2.19 bits per heavy atom. The van der Waals surface area contributed by atoms with Crippen molar-refractivity contribution in [2.45, 2.75) is 37.6 Å². The molecule has 0 bridgehead atoms. The fourth-order valence-electron chi connectivity index (χ4n) is 2.77. The molecule has 0 aromatic rings. The van der Waals surface area contributed by atoms with Crippen LogP contribution in [0.15, 0.2) is 0 Å². The maximum atomic E-state index is 12.7. The van der Waals surface area contributed by atoms with Crippen molar-refractivity contribution in [1.29, 1.82) is 0 Å². The standard InChI is InChI=1S/C13H21F3N2O2S/c1-10(17-6-8-21-9-7-17)11(19)18-4-2-12(20,3-5-18)13(14,15)16/h10,20H,2-9H2,1H3. The predicted molar refractivity (Wildman–Crippen MR) is 75.2 cm³/mol. The molecule has 0 saturated carbocycles. The van der Waals surface area contributed by atoms with E-state index < -0.39 is 24.6 Å². The Morgan fingerprint density at radius 1 is 1.19 bits per heavy atom. The smallest absolute Gasteiger partial charge is 0.380 e. The van der Waals surface area contributed by atoms with Crippen LogP contribution < -0.4 is 0 Å². The van der Waals surface area contributed by atoms with E-state index in [-0.39, 0.29) is 25.0 Å². The van der Waals surface area contributed by atoms with E-state index in [0.29, 0.717) is 0 Å². The van der Waals surface area contributed by atoms with Gasteiger partial charge in [-0.25, -0.2) is 0 Å². The first-order valence-electron chi connectivity index (χ1n) is 7.14. The van der Waals surface area contributed by atoms with Crippen molar-refractivity contribution in [1.82, 2.24) is 9.80 Å². The van der Waals surface area contributed by atoms with Gasteiger partial charge in [-0.1, -0.05) is 0 Å². The van der Waals surface area contributed by atoms with Crippen LogP contribution in [0.5, 0.6) is 0 Å². The van der Waals surface area contributed by atoms with Crippen LogP contribution in [0.3, 0.4) is 0 Å². The Labute approximate surface area is 126 Å². The van der Waals surface area contributed by atoms with Crippen LogP contribution in [-0.2, 0) is 4.79 Å². The first-order valence-corrected chi connectivity index (χ1v) is 8.30. The lowest BCUT2D eigenvalue weighted by Gasteiger charge is -2.41. The van der Waals surface area contributed by atoms with Gasteiger partial charge in [0.25, 0.3) is 0 Å². The Balaban J connectivity index is 1.91. The van der Waals surface area contributed by atoms with Gasteiger partial charge < -0.3 is 10.0 Å². The number of likely N-dealkylation sites (tertiary alicyclic amines) is 1. The van der Waals surface area contributed by atoms with E-state index >= 15 is 0 Å². The summed E-state index contributed by atoms with van der Waals surface area (Å²) in [5.41, 5.74) is -2.64. The molecule has 0 aromatic heterocycles. The molecule has 2 saturated heterocycles. The van der Waals surface area contributed by atoms with Gasteiger partial charge in [-0.15, -0.1) is 0 Å². The van der Waals surface area contributed by atoms with Crippen LogP contribution >= 0.6 is 11.8 Å².